The Morgan fingerprint density at radius 2 is 2.27 bits per heavy atom. The summed E-state index contributed by atoms with van der Waals surface area (Å²) in [4.78, 5) is 4.04. The molecule has 0 aliphatic heterocycles. The molecule has 2 heterocycles. The number of nitrogen functional groups attached to an aromatic ring is 1. The first-order valence-corrected chi connectivity index (χ1v) is 3.54. The second-order valence-electron chi connectivity index (χ2n) is 2.22. The normalized spacial score (nSPS) is 10.6. The second-order valence-corrected chi connectivity index (χ2v) is 2.63. The second kappa shape index (κ2) is 2.13. The van der Waals surface area contributed by atoms with Crippen LogP contribution in [0.5, 0.6) is 0 Å². The number of halogens is 1. The van der Waals surface area contributed by atoms with Crippen LogP contribution >= 0.6 is 11.6 Å². The maximum atomic E-state index is 5.77. The molecule has 0 saturated heterocycles. The van der Waals surface area contributed by atoms with Crippen LogP contribution in [0.2, 0.25) is 5.02 Å². The van der Waals surface area contributed by atoms with Gasteiger partial charge in [-0.25, -0.2) is 4.98 Å². The molecule has 0 spiro atoms. The Hall–Kier alpha value is -1.22. The average Bonchev–Trinajstić information content (AvgIpc) is 2.45. The topological polar surface area (TPSA) is 43.3 Å². The van der Waals surface area contributed by atoms with Crippen LogP contribution in [0.25, 0.3) is 5.65 Å². The van der Waals surface area contributed by atoms with Gasteiger partial charge >= 0.3 is 0 Å². The van der Waals surface area contributed by atoms with Crippen LogP contribution < -0.4 is 5.73 Å². The van der Waals surface area contributed by atoms with Crippen LogP contribution in [0.4, 0.5) is 5.82 Å². The molecule has 0 amide bonds. The highest BCUT2D eigenvalue weighted by atomic mass is 35.5. The van der Waals surface area contributed by atoms with E-state index in [0.29, 0.717) is 10.8 Å². The number of nitrogens with zero attached hydrogens (tertiary/aromatic N) is 2. The Bertz CT molecular complexity index is 393. The number of pyridine rings is 1. The lowest BCUT2D eigenvalue weighted by Gasteiger charge is -1.99. The van der Waals surface area contributed by atoms with Gasteiger partial charge in [-0.05, 0) is 12.1 Å². The largest absolute Gasteiger partial charge is 0.384 e. The molecule has 0 aliphatic carbocycles. The number of fused-ring (bicyclic) bond motifs is 1. The lowest BCUT2D eigenvalue weighted by atomic mass is 10.4. The molecular formula is C7H6ClN3. The molecule has 0 saturated carbocycles. The highest BCUT2D eigenvalue weighted by Gasteiger charge is 2.00. The molecule has 0 aliphatic rings. The number of nitrogens with two attached hydrogens (primary N) is 1. The summed E-state index contributed by atoms with van der Waals surface area (Å²) in [6, 6.07) is 3.55. The fourth-order valence-electron chi connectivity index (χ4n) is 0.990. The summed E-state index contributed by atoms with van der Waals surface area (Å²) in [6.45, 7) is 0. The van der Waals surface area contributed by atoms with E-state index in [-0.39, 0.29) is 0 Å². The summed E-state index contributed by atoms with van der Waals surface area (Å²) in [5, 5.41) is 0.551. The SMILES string of the molecule is Nc1c(Cl)ccc2nccn12. The van der Waals surface area contributed by atoms with Gasteiger partial charge in [-0.3, -0.25) is 4.40 Å². The summed E-state index contributed by atoms with van der Waals surface area (Å²) in [5.74, 6) is 0.529. The lowest BCUT2D eigenvalue weighted by molar-refractivity contribution is 1.20. The van der Waals surface area contributed by atoms with Gasteiger partial charge in [0, 0.05) is 12.4 Å². The van der Waals surface area contributed by atoms with E-state index in [0.717, 1.165) is 5.65 Å². The highest BCUT2D eigenvalue weighted by Crippen LogP contribution is 2.18. The summed E-state index contributed by atoms with van der Waals surface area (Å²) >= 11 is 5.77. The first-order valence-electron chi connectivity index (χ1n) is 3.16. The Morgan fingerprint density at radius 1 is 1.45 bits per heavy atom. The van der Waals surface area contributed by atoms with Crippen LogP contribution in [0, 0.1) is 0 Å². The number of rotatable bonds is 0. The summed E-state index contributed by atoms with van der Waals surface area (Å²) in [6.07, 6.45) is 3.46. The molecule has 56 valence electrons. The van der Waals surface area contributed by atoms with Crippen molar-refractivity contribution >= 4 is 23.1 Å². The summed E-state index contributed by atoms with van der Waals surface area (Å²) < 4.78 is 1.74. The Labute approximate surface area is 68.4 Å². The number of hydrogen-bond donors (Lipinski definition) is 1. The van der Waals surface area contributed by atoms with Crippen LogP contribution in [0.15, 0.2) is 24.5 Å². The van der Waals surface area contributed by atoms with Crippen molar-refractivity contribution in [3.8, 4) is 0 Å². The molecule has 0 bridgehead atoms. The minimum absolute atomic E-state index is 0.529. The third-order valence-electron chi connectivity index (χ3n) is 1.55. The fourth-order valence-corrected chi connectivity index (χ4v) is 1.14. The molecule has 11 heavy (non-hydrogen) atoms. The van der Waals surface area contributed by atoms with Crippen molar-refractivity contribution in [3.63, 3.8) is 0 Å². The molecule has 0 unspecified atom stereocenters. The fraction of sp³-hybridized carbons (Fsp3) is 0. The molecule has 4 heteroatoms. The predicted octanol–water partition coefficient (Wildman–Crippen LogP) is 1.57. The van der Waals surface area contributed by atoms with Crippen molar-refractivity contribution in [2.24, 2.45) is 0 Å². The van der Waals surface area contributed by atoms with E-state index in [1.54, 1.807) is 22.9 Å². The third-order valence-corrected chi connectivity index (χ3v) is 1.87. The molecule has 0 atom stereocenters. The number of hydrogen-bond acceptors (Lipinski definition) is 2. The van der Waals surface area contributed by atoms with Gasteiger partial charge < -0.3 is 5.73 Å². The van der Waals surface area contributed by atoms with Crippen LogP contribution in [0.3, 0.4) is 0 Å². The standard InChI is InChI=1S/C7H6ClN3/c8-5-1-2-6-10-3-4-11(6)7(5)9/h1-4H,9H2. The first kappa shape index (κ1) is 6.49. The molecule has 2 aromatic heterocycles. The van der Waals surface area contributed by atoms with Crippen molar-refractivity contribution in [3.05, 3.63) is 29.5 Å². The van der Waals surface area contributed by atoms with Gasteiger partial charge in [-0.2, -0.15) is 0 Å². The zero-order chi connectivity index (χ0) is 7.84. The minimum atomic E-state index is 0.529. The minimum Gasteiger partial charge on any atom is -0.384 e. The molecular weight excluding hydrogens is 162 g/mol. The van der Waals surface area contributed by atoms with Crippen molar-refractivity contribution in [2.45, 2.75) is 0 Å². The third kappa shape index (κ3) is 0.851. The maximum absolute atomic E-state index is 5.77. The molecule has 2 aromatic rings. The maximum Gasteiger partial charge on any atom is 0.138 e. The summed E-state index contributed by atoms with van der Waals surface area (Å²) in [5.41, 5.74) is 6.47. The predicted molar refractivity (Wildman–Crippen MR) is 44.6 cm³/mol. The number of anilines is 1. The molecule has 2 N–H and O–H groups in total. The molecule has 3 nitrogen and oxygen atoms in total. The van der Waals surface area contributed by atoms with Crippen molar-refractivity contribution in [1.29, 1.82) is 0 Å². The van der Waals surface area contributed by atoms with E-state index < -0.39 is 0 Å². The average molecular weight is 168 g/mol. The van der Waals surface area contributed by atoms with E-state index in [9.17, 15) is 0 Å². The van der Waals surface area contributed by atoms with Crippen LogP contribution in [0.1, 0.15) is 0 Å². The molecule has 0 aromatic carbocycles. The molecule has 2 rings (SSSR count). The zero-order valence-corrected chi connectivity index (χ0v) is 6.42. The zero-order valence-electron chi connectivity index (χ0n) is 5.66. The number of aromatic nitrogens is 2. The smallest absolute Gasteiger partial charge is 0.138 e. The first-order chi connectivity index (χ1) is 5.29. The van der Waals surface area contributed by atoms with E-state index in [1.165, 1.54) is 0 Å². The number of imidazole rings is 1. The Morgan fingerprint density at radius 3 is 3.09 bits per heavy atom. The van der Waals surface area contributed by atoms with Crippen molar-refractivity contribution in [2.75, 3.05) is 5.73 Å². The van der Waals surface area contributed by atoms with E-state index in [4.69, 9.17) is 17.3 Å². The highest BCUT2D eigenvalue weighted by molar-refractivity contribution is 6.32. The van der Waals surface area contributed by atoms with Gasteiger partial charge in [-0.1, -0.05) is 11.6 Å². The lowest BCUT2D eigenvalue weighted by Crippen LogP contribution is -1.95. The van der Waals surface area contributed by atoms with Gasteiger partial charge in [0.2, 0.25) is 0 Å². The van der Waals surface area contributed by atoms with Crippen LogP contribution in [-0.2, 0) is 0 Å². The van der Waals surface area contributed by atoms with Crippen molar-refractivity contribution < 1.29 is 0 Å². The Kier molecular flexibility index (Phi) is 1.26. The van der Waals surface area contributed by atoms with Gasteiger partial charge in [0.15, 0.2) is 0 Å². The molecule has 0 radical (unpaired) electrons. The molecule has 0 fully saturated rings. The summed E-state index contributed by atoms with van der Waals surface area (Å²) in [7, 11) is 0. The van der Waals surface area contributed by atoms with Crippen molar-refractivity contribution in [1.82, 2.24) is 9.38 Å². The quantitative estimate of drug-likeness (QED) is 0.647. The van der Waals surface area contributed by atoms with Crippen LogP contribution in [-0.4, -0.2) is 9.38 Å². The van der Waals surface area contributed by atoms with Gasteiger partial charge in [0.1, 0.15) is 11.5 Å². The van der Waals surface area contributed by atoms with E-state index >= 15 is 0 Å². The Balaban J connectivity index is 2.93. The van der Waals surface area contributed by atoms with E-state index in [1.807, 2.05) is 6.07 Å². The van der Waals surface area contributed by atoms with Gasteiger partial charge in [0.25, 0.3) is 0 Å². The van der Waals surface area contributed by atoms with Gasteiger partial charge in [-0.15, -0.1) is 0 Å². The monoisotopic (exact) mass is 167 g/mol. The van der Waals surface area contributed by atoms with E-state index in [2.05, 4.69) is 4.98 Å². The van der Waals surface area contributed by atoms with Gasteiger partial charge in [0.05, 0.1) is 5.02 Å².